The van der Waals surface area contributed by atoms with Crippen molar-refractivity contribution in [2.24, 2.45) is 4.40 Å². The van der Waals surface area contributed by atoms with Crippen LogP contribution in [0.4, 0.5) is 0 Å². The van der Waals surface area contributed by atoms with Crippen LogP contribution in [-0.2, 0) is 19.5 Å². The molecule has 0 amide bonds. The summed E-state index contributed by atoms with van der Waals surface area (Å²) in [7, 11) is -3.40. The molecule has 5 rings (SSSR count). The molecule has 4 aliphatic rings. The molecule has 0 aromatic heterocycles. The quantitative estimate of drug-likeness (QED) is 0.754. The van der Waals surface area contributed by atoms with Crippen molar-refractivity contribution in [1.82, 2.24) is 4.90 Å². The lowest BCUT2D eigenvalue weighted by Gasteiger charge is -2.35. The second-order valence-corrected chi connectivity index (χ2v) is 9.52. The first-order valence-electron chi connectivity index (χ1n) is 10.1. The van der Waals surface area contributed by atoms with E-state index in [9.17, 15) is 8.42 Å². The summed E-state index contributed by atoms with van der Waals surface area (Å²) in [5.74, 6) is 0.962. The van der Waals surface area contributed by atoms with Crippen LogP contribution in [-0.4, -0.2) is 56.6 Å². The van der Waals surface area contributed by atoms with Crippen molar-refractivity contribution >= 4 is 21.4 Å². The third kappa shape index (κ3) is 3.84. The van der Waals surface area contributed by atoms with E-state index in [0.717, 1.165) is 42.6 Å². The minimum absolute atomic E-state index is 0.0413. The highest BCUT2D eigenvalue weighted by atomic mass is 32.2. The highest BCUT2D eigenvalue weighted by Gasteiger charge is 2.40. The Balaban J connectivity index is 1.28. The van der Waals surface area contributed by atoms with Crippen LogP contribution in [0.1, 0.15) is 31.2 Å². The van der Waals surface area contributed by atoms with E-state index in [2.05, 4.69) is 4.40 Å². The Bertz CT molecular complexity index is 965. The number of ether oxygens (including phenoxy) is 3. The Morgan fingerprint density at radius 2 is 1.83 bits per heavy atom. The summed E-state index contributed by atoms with van der Waals surface area (Å²) in [4.78, 5) is 1.88. The van der Waals surface area contributed by atoms with Crippen molar-refractivity contribution in [2.75, 3.05) is 25.5 Å². The van der Waals surface area contributed by atoms with Gasteiger partial charge in [-0.15, -0.1) is 4.40 Å². The average Bonchev–Trinajstić information content (AvgIpc) is 3.18. The molecule has 1 aromatic carbocycles. The van der Waals surface area contributed by atoms with Crippen LogP contribution < -0.4 is 4.74 Å². The number of nitrogens with zero attached hydrogens (tertiary/aromatic N) is 2. The maximum atomic E-state index is 11.9. The minimum atomic E-state index is -3.40. The Labute approximate surface area is 170 Å². The third-order valence-corrected chi connectivity index (χ3v) is 6.98. The lowest BCUT2D eigenvalue weighted by atomic mass is 9.91. The lowest BCUT2D eigenvalue weighted by molar-refractivity contribution is -0.186. The Hall–Kier alpha value is -2.16. The van der Waals surface area contributed by atoms with Crippen LogP contribution in [0.5, 0.6) is 5.75 Å². The van der Waals surface area contributed by atoms with E-state index in [4.69, 9.17) is 14.2 Å². The predicted molar refractivity (Wildman–Crippen MR) is 109 cm³/mol. The van der Waals surface area contributed by atoms with Gasteiger partial charge in [-0.05, 0) is 42.7 Å². The van der Waals surface area contributed by atoms with Crippen molar-refractivity contribution in [2.45, 2.75) is 37.6 Å². The largest absolute Gasteiger partial charge is 0.490 e. The molecule has 1 aromatic rings. The van der Waals surface area contributed by atoms with Crippen molar-refractivity contribution in [3.8, 4) is 5.75 Å². The van der Waals surface area contributed by atoms with Crippen LogP contribution in [0, 0.1) is 0 Å². The summed E-state index contributed by atoms with van der Waals surface area (Å²) < 4.78 is 45.6. The topological polar surface area (TPSA) is 77.4 Å². The summed E-state index contributed by atoms with van der Waals surface area (Å²) in [6.07, 6.45) is 9.36. The fourth-order valence-electron chi connectivity index (χ4n) is 4.28. The second kappa shape index (κ2) is 7.27. The number of allylic oxidation sites excluding steroid dienone is 2. The van der Waals surface area contributed by atoms with Gasteiger partial charge in [-0.25, -0.2) is 8.42 Å². The van der Waals surface area contributed by atoms with Crippen LogP contribution in [0.2, 0.25) is 0 Å². The molecule has 154 valence electrons. The van der Waals surface area contributed by atoms with Crippen LogP contribution >= 0.6 is 0 Å². The zero-order valence-electron chi connectivity index (χ0n) is 16.1. The SMILES string of the molecule is O=S1(=O)CCN2C=CC=C(c3ccc(OC4CCC5(CC4)OCCO5)cc3)C2=N1. The molecule has 1 saturated carbocycles. The van der Waals surface area contributed by atoms with E-state index in [0.29, 0.717) is 25.6 Å². The molecule has 1 spiro atoms. The first-order chi connectivity index (χ1) is 14.0. The molecule has 0 radical (unpaired) electrons. The molecular weight excluding hydrogens is 392 g/mol. The second-order valence-electron chi connectivity index (χ2n) is 7.77. The zero-order chi connectivity index (χ0) is 19.9. The summed E-state index contributed by atoms with van der Waals surface area (Å²) in [5, 5.41) is 0. The van der Waals surface area contributed by atoms with E-state index in [1.54, 1.807) is 0 Å². The zero-order valence-corrected chi connectivity index (χ0v) is 16.9. The van der Waals surface area contributed by atoms with Gasteiger partial charge in [0.25, 0.3) is 10.0 Å². The third-order valence-electron chi connectivity index (χ3n) is 5.83. The van der Waals surface area contributed by atoms with E-state index in [1.807, 2.05) is 47.5 Å². The van der Waals surface area contributed by atoms with Crippen molar-refractivity contribution in [1.29, 1.82) is 0 Å². The molecule has 0 N–H and O–H groups in total. The number of hydrogen-bond donors (Lipinski definition) is 0. The molecule has 3 aliphatic heterocycles. The molecule has 0 unspecified atom stereocenters. The van der Waals surface area contributed by atoms with Gasteiger partial charge in [0.1, 0.15) is 5.75 Å². The molecule has 0 bridgehead atoms. The standard InChI is InChI=1S/C21H24N2O5S/c24-29(25)15-12-23-11-1-2-19(20(23)22-29)16-3-5-17(6-4-16)28-18-7-9-21(10-8-18)26-13-14-27-21/h1-6,11,18H,7-10,12-15H2. The van der Waals surface area contributed by atoms with Gasteiger partial charge in [0, 0.05) is 31.2 Å². The number of hydrogen-bond acceptors (Lipinski definition) is 6. The van der Waals surface area contributed by atoms with Gasteiger partial charge in [-0.2, -0.15) is 0 Å². The highest BCUT2D eigenvalue weighted by Crippen LogP contribution is 2.37. The van der Waals surface area contributed by atoms with Gasteiger partial charge in [0.15, 0.2) is 11.6 Å². The Kier molecular flexibility index (Phi) is 4.72. The van der Waals surface area contributed by atoms with Gasteiger partial charge in [0.2, 0.25) is 0 Å². The van der Waals surface area contributed by atoms with E-state index < -0.39 is 10.0 Å². The van der Waals surface area contributed by atoms with Crippen LogP contribution in [0.15, 0.2) is 47.0 Å². The molecule has 7 nitrogen and oxygen atoms in total. The molecule has 3 heterocycles. The normalized spacial score (nSPS) is 25.4. The highest BCUT2D eigenvalue weighted by molar-refractivity contribution is 7.90. The fraction of sp³-hybridized carbons (Fsp3) is 0.476. The van der Waals surface area contributed by atoms with Crippen molar-refractivity contribution in [3.63, 3.8) is 0 Å². The smallest absolute Gasteiger partial charge is 0.256 e. The van der Waals surface area contributed by atoms with Gasteiger partial charge >= 0.3 is 0 Å². The van der Waals surface area contributed by atoms with E-state index >= 15 is 0 Å². The summed E-state index contributed by atoms with van der Waals surface area (Å²) in [6, 6.07) is 7.78. The lowest BCUT2D eigenvalue weighted by Crippen LogP contribution is -2.38. The molecular formula is C21H24N2O5S. The first-order valence-corrected chi connectivity index (χ1v) is 11.7. The molecule has 8 heteroatoms. The average molecular weight is 416 g/mol. The number of sulfonamides is 1. The van der Waals surface area contributed by atoms with Gasteiger partial charge < -0.3 is 19.1 Å². The van der Waals surface area contributed by atoms with Crippen molar-refractivity contribution in [3.05, 3.63) is 48.2 Å². The monoisotopic (exact) mass is 416 g/mol. The number of rotatable bonds is 3. The summed E-state index contributed by atoms with van der Waals surface area (Å²) >= 11 is 0. The summed E-state index contributed by atoms with van der Waals surface area (Å²) in [5.41, 5.74) is 1.72. The number of benzene rings is 1. The maximum Gasteiger partial charge on any atom is 0.256 e. The summed E-state index contributed by atoms with van der Waals surface area (Å²) in [6.45, 7) is 1.79. The van der Waals surface area contributed by atoms with E-state index in [1.165, 1.54) is 0 Å². The van der Waals surface area contributed by atoms with Crippen LogP contribution in [0.25, 0.3) is 5.57 Å². The number of amidine groups is 1. The minimum Gasteiger partial charge on any atom is -0.490 e. The predicted octanol–water partition coefficient (Wildman–Crippen LogP) is 2.71. The van der Waals surface area contributed by atoms with Gasteiger partial charge in [-0.1, -0.05) is 12.1 Å². The van der Waals surface area contributed by atoms with Gasteiger partial charge in [-0.3, -0.25) is 0 Å². The molecule has 0 atom stereocenters. The molecule has 1 saturated heterocycles. The molecule has 2 fully saturated rings. The van der Waals surface area contributed by atoms with E-state index in [-0.39, 0.29) is 17.6 Å². The van der Waals surface area contributed by atoms with Gasteiger partial charge in [0.05, 0.1) is 25.1 Å². The Morgan fingerprint density at radius 3 is 2.55 bits per heavy atom. The Morgan fingerprint density at radius 1 is 1.10 bits per heavy atom. The molecule has 1 aliphatic carbocycles. The van der Waals surface area contributed by atoms with Crippen molar-refractivity contribution < 1.29 is 22.6 Å². The van der Waals surface area contributed by atoms with Crippen LogP contribution in [0.3, 0.4) is 0 Å². The number of fused-ring (bicyclic) bond motifs is 1. The molecule has 29 heavy (non-hydrogen) atoms. The maximum absolute atomic E-state index is 11.9. The first kappa shape index (κ1) is 18.8. The fourth-order valence-corrected chi connectivity index (χ4v) is 5.27.